The molecule has 12 heteroatoms. The number of carbonyl (C=O) groups is 2. The van der Waals surface area contributed by atoms with E-state index in [1.807, 2.05) is 23.8 Å². The van der Waals surface area contributed by atoms with E-state index in [0.29, 0.717) is 24.5 Å². The molecule has 170 valence electrons. The van der Waals surface area contributed by atoms with Crippen LogP contribution in [0.15, 0.2) is 22.2 Å². The third kappa shape index (κ3) is 6.48. The molecule has 7 nitrogen and oxygen atoms in total. The van der Waals surface area contributed by atoms with E-state index in [1.54, 1.807) is 22.7 Å². The lowest BCUT2D eigenvalue weighted by Gasteiger charge is -2.19. The Morgan fingerprint density at radius 3 is 2.68 bits per heavy atom. The van der Waals surface area contributed by atoms with E-state index in [-0.39, 0.29) is 5.91 Å². The fraction of sp³-hybridized carbons (Fsp3) is 0.526. The smallest absolute Gasteiger partial charge is 0.475 e. The normalized spacial score (nSPS) is 23.2. The van der Waals surface area contributed by atoms with Gasteiger partial charge in [-0.15, -0.1) is 11.3 Å². The number of aliphatic carboxylic acids is 1. The molecule has 0 bridgehead atoms. The van der Waals surface area contributed by atoms with Crippen molar-refractivity contribution in [3.8, 4) is 0 Å². The van der Waals surface area contributed by atoms with Crippen LogP contribution in [-0.4, -0.2) is 65.4 Å². The summed E-state index contributed by atoms with van der Waals surface area (Å²) in [5, 5.41) is 17.3. The summed E-state index contributed by atoms with van der Waals surface area (Å²) in [6, 6.07) is 1.86. The Bertz CT molecular complexity index is 888. The molecular weight excluding hydrogens is 455 g/mol. The average Bonchev–Trinajstić information content (AvgIpc) is 3.45. The van der Waals surface area contributed by atoms with Gasteiger partial charge in [-0.05, 0) is 18.4 Å². The first kappa shape index (κ1) is 23.6. The zero-order valence-corrected chi connectivity index (χ0v) is 18.2. The zero-order valence-electron chi connectivity index (χ0n) is 16.6. The lowest BCUT2D eigenvalue weighted by Crippen LogP contribution is -2.34. The first-order valence-electron chi connectivity index (χ1n) is 9.49. The number of ether oxygens (including phenoxy) is 1. The van der Waals surface area contributed by atoms with Crippen molar-refractivity contribution in [3.05, 3.63) is 38.5 Å². The van der Waals surface area contributed by atoms with Gasteiger partial charge in [-0.1, -0.05) is 0 Å². The largest absolute Gasteiger partial charge is 0.490 e. The number of nitrogens with zero attached hydrogens (tertiary/aromatic N) is 2. The Morgan fingerprint density at radius 1 is 1.35 bits per heavy atom. The van der Waals surface area contributed by atoms with Gasteiger partial charge in [-0.25, -0.2) is 9.78 Å². The Balaban J connectivity index is 0.000000339. The second-order valence-electron chi connectivity index (χ2n) is 7.40. The number of carboxylic acid groups (broad SMARTS) is 1. The van der Waals surface area contributed by atoms with Crippen molar-refractivity contribution < 1.29 is 32.6 Å². The molecule has 2 saturated heterocycles. The topological polar surface area (TPSA) is 91.8 Å². The minimum absolute atomic E-state index is 0.0211. The van der Waals surface area contributed by atoms with Crippen LogP contribution >= 0.6 is 22.7 Å². The van der Waals surface area contributed by atoms with Gasteiger partial charge in [0.15, 0.2) is 0 Å². The lowest BCUT2D eigenvalue weighted by atomic mass is 9.93. The number of carbonyl (C=O) groups excluding carboxylic acids is 1. The van der Waals surface area contributed by atoms with Crippen molar-refractivity contribution in [3.63, 3.8) is 0 Å². The number of thiophene rings is 1. The third-order valence-corrected chi connectivity index (χ3v) is 6.73. The number of thiazole rings is 1. The van der Waals surface area contributed by atoms with Crippen LogP contribution in [0.1, 0.15) is 21.1 Å². The van der Waals surface area contributed by atoms with Crippen LogP contribution in [0.5, 0.6) is 0 Å². The van der Waals surface area contributed by atoms with Gasteiger partial charge in [-0.2, -0.15) is 24.5 Å². The van der Waals surface area contributed by atoms with Crippen molar-refractivity contribution in [2.75, 3.05) is 26.2 Å². The van der Waals surface area contributed by atoms with Gasteiger partial charge in [0.05, 0.1) is 19.3 Å². The minimum Gasteiger partial charge on any atom is -0.475 e. The summed E-state index contributed by atoms with van der Waals surface area (Å²) in [5.74, 6) is -1.82. The van der Waals surface area contributed by atoms with Crippen LogP contribution in [0.4, 0.5) is 13.2 Å². The van der Waals surface area contributed by atoms with E-state index >= 15 is 0 Å². The fourth-order valence-electron chi connectivity index (χ4n) is 3.61. The molecule has 31 heavy (non-hydrogen) atoms. The Kier molecular flexibility index (Phi) is 7.68. The zero-order chi connectivity index (χ0) is 22.6. The molecule has 1 amide bonds. The predicted octanol–water partition coefficient (Wildman–Crippen LogP) is 3.02. The number of amides is 1. The van der Waals surface area contributed by atoms with Gasteiger partial charge in [-0.3, -0.25) is 9.69 Å². The van der Waals surface area contributed by atoms with Crippen molar-refractivity contribution in [2.24, 2.45) is 11.8 Å². The maximum absolute atomic E-state index is 12.1. The van der Waals surface area contributed by atoms with Crippen LogP contribution < -0.4 is 5.32 Å². The first-order chi connectivity index (χ1) is 14.6. The monoisotopic (exact) mass is 477 g/mol. The average molecular weight is 478 g/mol. The van der Waals surface area contributed by atoms with Crippen molar-refractivity contribution >= 4 is 34.6 Å². The molecule has 2 aromatic heterocycles. The summed E-state index contributed by atoms with van der Waals surface area (Å²) in [7, 11) is 0. The Labute approximate surface area is 184 Å². The number of likely N-dealkylation sites (tertiary alicyclic amines) is 1. The van der Waals surface area contributed by atoms with Gasteiger partial charge in [0.25, 0.3) is 5.91 Å². The van der Waals surface area contributed by atoms with Crippen LogP contribution in [0.3, 0.4) is 0 Å². The van der Waals surface area contributed by atoms with Gasteiger partial charge in [0.1, 0.15) is 5.01 Å². The number of alkyl halides is 3. The number of hydrogen-bond donors (Lipinski definition) is 2. The third-order valence-electron chi connectivity index (χ3n) is 5.09. The van der Waals surface area contributed by atoms with Crippen molar-refractivity contribution in [2.45, 2.75) is 25.7 Å². The highest BCUT2D eigenvalue weighted by Crippen LogP contribution is 2.34. The second kappa shape index (κ2) is 10.1. The SMILES string of the molecule is Cc1csc(CN2C[C@@H]3[C@@H](CNC(=O)c4ccsc4)CO[C@@H]3C2)n1.O=C(O)C(F)(F)F. The van der Waals surface area contributed by atoms with Gasteiger partial charge >= 0.3 is 12.1 Å². The molecule has 3 atom stereocenters. The summed E-state index contributed by atoms with van der Waals surface area (Å²) in [5.41, 5.74) is 1.85. The number of aryl methyl sites for hydroxylation is 1. The Hall–Kier alpha value is -2.02. The van der Waals surface area contributed by atoms with E-state index in [4.69, 9.17) is 14.6 Å². The summed E-state index contributed by atoms with van der Waals surface area (Å²) in [6.45, 7) is 6.39. The van der Waals surface area contributed by atoms with Crippen LogP contribution in [0.2, 0.25) is 0 Å². The highest BCUT2D eigenvalue weighted by atomic mass is 32.1. The number of carboxylic acids is 1. The molecule has 2 aliphatic heterocycles. The second-order valence-corrected chi connectivity index (χ2v) is 9.12. The number of halogens is 3. The van der Waals surface area contributed by atoms with Crippen LogP contribution in [-0.2, 0) is 16.1 Å². The number of nitrogens with one attached hydrogen (secondary N) is 1. The minimum atomic E-state index is -5.08. The summed E-state index contributed by atoms with van der Waals surface area (Å²) >= 11 is 3.28. The highest BCUT2D eigenvalue weighted by Gasteiger charge is 2.43. The summed E-state index contributed by atoms with van der Waals surface area (Å²) in [6.07, 6.45) is -4.78. The van der Waals surface area contributed by atoms with Crippen LogP contribution in [0, 0.1) is 18.8 Å². The maximum Gasteiger partial charge on any atom is 0.490 e. The standard InChI is InChI=1S/C17H21N3O2S2.C2HF3O2/c1-11-9-24-16(19-11)7-20-5-14-13(8-22-15(14)6-20)4-18-17(21)12-2-3-23-10-12;3-2(4,5)1(6)7/h2-3,9-10,13-15H,4-8H2,1H3,(H,18,21);(H,6,7)/t13-,14+,15+;/m0./s1. The highest BCUT2D eigenvalue weighted by molar-refractivity contribution is 7.09. The van der Waals surface area contributed by atoms with Crippen molar-refractivity contribution in [1.82, 2.24) is 15.2 Å². The molecule has 4 rings (SSSR count). The van der Waals surface area contributed by atoms with Gasteiger partial charge in [0.2, 0.25) is 0 Å². The molecule has 0 radical (unpaired) electrons. The Morgan fingerprint density at radius 2 is 2.10 bits per heavy atom. The molecule has 0 aliphatic carbocycles. The molecular formula is C19H22F3N3O4S2. The van der Waals surface area contributed by atoms with E-state index in [2.05, 4.69) is 20.6 Å². The fourth-order valence-corrected chi connectivity index (χ4v) is 5.05. The van der Waals surface area contributed by atoms with Crippen molar-refractivity contribution in [1.29, 1.82) is 0 Å². The molecule has 0 saturated carbocycles. The van der Waals surface area contributed by atoms with E-state index in [1.165, 1.54) is 5.01 Å². The lowest BCUT2D eigenvalue weighted by molar-refractivity contribution is -0.192. The molecule has 2 aromatic rings. The number of fused-ring (bicyclic) bond motifs is 1. The van der Waals surface area contributed by atoms with E-state index in [0.717, 1.165) is 37.5 Å². The maximum atomic E-state index is 12.1. The van der Waals surface area contributed by atoms with E-state index in [9.17, 15) is 18.0 Å². The molecule has 2 aliphatic rings. The molecule has 0 unspecified atom stereocenters. The molecule has 2 N–H and O–H groups in total. The van der Waals surface area contributed by atoms with Crippen LogP contribution in [0.25, 0.3) is 0 Å². The molecule has 2 fully saturated rings. The number of hydrogen-bond acceptors (Lipinski definition) is 7. The molecule has 0 aromatic carbocycles. The molecule has 4 heterocycles. The quantitative estimate of drug-likeness (QED) is 0.688. The summed E-state index contributed by atoms with van der Waals surface area (Å²) < 4.78 is 37.7. The summed E-state index contributed by atoms with van der Waals surface area (Å²) in [4.78, 5) is 28.0. The van der Waals surface area contributed by atoms with Gasteiger partial charge in [0, 0.05) is 53.5 Å². The molecule has 0 spiro atoms. The number of aromatic nitrogens is 1. The predicted molar refractivity (Wildman–Crippen MR) is 109 cm³/mol. The number of rotatable bonds is 5. The van der Waals surface area contributed by atoms with Gasteiger partial charge < -0.3 is 15.2 Å². The first-order valence-corrected chi connectivity index (χ1v) is 11.3. The van der Waals surface area contributed by atoms with E-state index < -0.39 is 12.1 Å².